The number of ether oxygens (including phenoxy) is 2. The third-order valence-corrected chi connectivity index (χ3v) is 6.29. The standard InChI is InChI=1S/C21H22N2O6S/c1-23-15-6-5-13(10-19(24)25)29-17(15)11-28-16-7-4-12(9-14(16)21(23)27)22-20(26)18-3-2-8-30-18/h2-4,7-9,13,15,17H,5-6,10-11H2,1H3,(H,22,26)(H,24,25)/t13-,15+,17+/m0/s1. The lowest BCUT2D eigenvalue weighted by molar-refractivity contribution is -0.148. The Morgan fingerprint density at radius 1 is 1.30 bits per heavy atom. The number of aliphatic carboxylic acids is 1. The summed E-state index contributed by atoms with van der Waals surface area (Å²) in [6, 6.07) is 8.29. The van der Waals surface area contributed by atoms with Crippen LogP contribution >= 0.6 is 11.3 Å². The molecule has 30 heavy (non-hydrogen) atoms. The summed E-state index contributed by atoms with van der Waals surface area (Å²) >= 11 is 1.34. The maximum absolute atomic E-state index is 13.2. The van der Waals surface area contributed by atoms with E-state index in [1.54, 1.807) is 42.3 Å². The van der Waals surface area contributed by atoms with Crippen LogP contribution < -0.4 is 10.1 Å². The fourth-order valence-electron chi connectivity index (χ4n) is 3.90. The number of fused-ring (bicyclic) bond motifs is 2. The Kier molecular flexibility index (Phi) is 5.74. The Hall–Kier alpha value is -2.91. The van der Waals surface area contributed by atoms with Crippen molar-refractivity contribution in [2.45, 2.75) is 37.5 Å². The molecule has 9 heteroatoms. The van der Waals surface area contributed by atoms with Gasteiger partial charge in [0.2, 0.25) is 0 Å². The summed E-state index contributed by atoms with van der Waals surface area (Å²) in [4.78, 5) is 38.7. The largest absolute Gasteiger partial charge is 0.490 e. The minimum atomic E-state index is -0.905. The first-order valence-corrected chi connectivity index (χ1v) is 10.6. The van der Waals surface area contributed by atoms with Crippen LogP contribution in [-0.2, 0) is 9.53 Å². The predicted molar refractivity (Wildman–Crippen MR) is 110 cm³/mol. The second-order valence-corrected chi connectivity index (χ2v) is 8.36. The van der Waals surface area contributed by atoms with Crippen molar-refractivity contribution in [1.82, 2.24) is 4.90 Å². The Morgan fingerprint density at radius 3 is 2.87 bits per heavy atom. The summed E-state index contributed by atoms with van der Waals surface area (Å²) < 4.78 is 11.8. The SMILES string of the molecule is CN1C(=O)c2cc(NC(=O)c3cccs3)ccc2OC[C@H]2O[C@H](CC(=O)O)CC[C@H]21. The van der Waals surface area contributed by atoms with E-state index in [9.17, 15) is 14.4 Å². The van der Waals surface area contributed by atoms with Crippen LogP contribution in [-0.4, -0.2) is 59.7 Å². The van der Waals surface area contributed by atoms with Crippen LogP contribution in [0.3, 0.4) is 0 Å². The van der Waals surface area contributed by atoms with Crippen molar-refractivity contribution in [3.63, 3.8) is 0 Å². The molecule has 1 aromatic heterocycles. The number of amides is 2. The van der Waals surface area contributed by atoms with Crippen molar-refractivity contribution in [3.8, 4) is 5.75 Å². The van der Waals surface area contributed by atoms with Gasteiger partial charge in [0.15, 0.2) is 0 Å². The summed E-state index contributed by atoms with van der Waals surface area (Å²) in [5, 5.41) is 13.7. The maximum atomic E-state index is 13.2. The normalized spacial score (nSPS) is 23.4. The molecule has 2 aromatic rings. The number of carbonyl (C=O) groups is 3. The number of nitrogens with zero attached hydrogens (tertiary/aromatic N) is 1. The monoisotopic (exact) mass is 430 g/mol. The molecule has 8 nitrogen and oxygen atoms in total. The van der Waals surface area contributed by atoms with Crippen molar-refractivity contribution in [1.29, 1.82) is 0 Å². The highest BCUT2D eigenvalue weighted by Gasteiger charge is 2.39. The highest BCUT2D eigenvalue weighted by molar-refractivity contribution is 7.12. The molecule has 0 bridgehead atoms. The first-order valence-electron chi connectivity index (χ1n) is 9.68. The molecule has 158 valence electrons. The number of likely N-dealkylation sites (N-methyl/N-ethyl adjacent to an activating group) is 1. The molecular weight excluding hydrogens is 408 g/mol. The Bertz CT molecular complexity index is 960. The van der Waals surface area contributed by atoms with E-state index >= 15 is 0 Å². The number of anilines is 1. The predicted octanol–water partition coefficient (Wildman–Crippen LogP) is 2.86. The number of carboxylic acid groups (broad SMARTS) is 1. The van der Waals surface area contributed by atoms with E-state index in [0.29, 0.717) is 34.7 Å². The van der Waals surface area contributed by atoms with Crippen molar-refractivity contribution >= 4 is 34.8 Å². The fourth-order valence-corrected chi connectivity index (χ4v) is 4.52. The van der Waals surface area contributed by atoms with Crippen molar-refractivity contribution in [2.75, 3.05) is 19.0 Å². The fraction of sp³-hybridized carbons (Fsp3) is 0.381. The van der Waals surface area contributed by atoms with Gasteiger partial charge in [-0.15, -0.1) is 11.3 Å². The first-order chi connectivity index (χ1) is 14.4. The number of carboxylic acids is 1. The average Bonchev–Trinajstić information content (AvgIpc) is 3.26. The van der Waals surface area contributed by atoms with E-state index in [1.807, 2.05) is 5.38 Å². The maximum Gasteiger partial charge on any atom is 0.305 e. The number of rotatable bonds is 4. The molecule has 3 heterocycles. The van der Waals surface area contributed by atoms with Gasteiger partial charge < -0.3 is 24.8 Å². The number of nitrogens with one attached hydrogen (secondary N) is 1. The minimum absolute atomic E-state index is 0.0647. The van der Waals surface area contributed by atoms with Gasteiger partial charge in [-0.3, -0.25) is 14.4 Å². The lowest BCUT2D eigenvalue weighted by Gasteiger charge is -2.42. The lowest BCUT2D eigenvalue weighted by Crippen LogP contribution is -2.53. The van der Waals surface area contributed by atoms with E-state index in [2.05, 4.69) is 5.32 Å². The van der Waals surface area contributed by atoms with Gasteiger partial charge in [-0.1, -0.05) is 6.07 Å². The Balaban J connectivity index is 1.54. The molecule has 0 radical (unpaired) electrons. The average molecular weight is 430 g/mol. The molecule has 2 aliphatic rings. The second kappa shape index (κ2) is 8.45. The molecule has 2 aliphatic heterocycles. The van der Waals surface area contributed by atoms with Crippen LogP contribution in [0.15, 0.2) is 35.7 Å². The molecule has 2 N–H and O–H groups in total. The molecule has 2 amide bonds. The molecule has 0 aliphatic carbocycles. The zero-order valence-corrected chi connectivity index (χ0v) is 17.2. The molecule has 4 rings (SSSR count). The van der Waals surface area contributed by atoms with Gasteiger partial charge in [-0.05, 0) is 42.5 Å². The number of carbonyl (C=O) groups excluding carboxylic acids is 2. The van der Waals surface area contributed by atoms with Gasteiger partial charge in [-0.2, -0.15) is 0 Å². The zero-order valence-electron chi connectivity index (χ0n) is 16.4. The minimum Gasteiger partial charge on any atom is -0.490 e. The number of hydrogen-bond donors (Lipinski definition) is 2. The molecule has 1 saturated heterocycles. The Morgan fingerprint density at radius 2 is 2.13 bits per heavy atom. The van der Waals surface area contributed by atoms with Gasteiger partial charge in [0.1, 0.15) is 18.5 Å². The zero-order chi connectivity index (χ0) is 21.3. The molecule has 3 atom stereocenters. The molecule has 0 spiro atoms. The van der Waals surface area contributed by atoms with E-state index in [1.165, 1.54) is 11.3 Å². The second-order valence-electron chi connectivity index (χ2n) is 7.41. The van der Waals surface area contributed by atoms with Gasteiger partial charge in [0.05, 0.1) is 29.0 Å². The third-order valence-electron chi connectivity index (χ3n) is 5.42. The number of benzene rings is 1. The van der Waals surface area contributed by atoms with Crippen LogP contribution in [0.4, 0.5) is 5.69 Å². The number of hydrogen-bond acceptors (Lipinski definition) is 6. The Labute approximate surface area is 177 Å². The molecule has 1 aromatic carbocycles. The van der Waals surface area contributed by atoms with Crippen molar-refractivity contribution < 1.29 is 29.0 Å². The van der Waals surface area contributed by atoms with Crippen molar-refractivity contribution in [2.24, 2.45) is 0 Å². The van der Waals surface area contributed by atoms with Crippen LogP contribution in [0, 0.1) is 0 Å². The van der Waals surface area contributed by atoms with E-state index in [4.69, 9.17) is 14.6 Å². The molecular formula is C21H22N2O6S. The van der Waals surface area contributed by atoms with Crippen LogP contribution in [0.1, 0.15) is 39.3 Å². The molecule has 0 unspecified atom stereocenters. The highest BCUT2D eigenvalue weighted by atomic mass is 32.1. The van der Waals surface area contributed by atoms with Crippen LogP contribution in [0.25, 0.3) is 0 Å². The molecule has 1 fully saturated rings. The summed E-state index contributed by atoms with van der Waals surface area (Å²) in [5.74, 6) is -0.963. The lowest BCUT2D eigenvalue weighted by atomic mass is 9.94. The smallest absolute Gasteiger partial charge is 0.305 e. The molecule has 0 saturated carbocycles. The summed E-state index contributed by atoms with van der Waals surface area (Å²) in [6.07, 6.45) is 0.353. The summed E-state index contributed by atoms with van der Waals surface area (Å²) in [7, 11) is 1.72. The van der Waals surface area contributed by atoms with E-state index < -0.39 is 12.1 Å². The summed E-state index contributed by atoms with van der Waals surface area (Å²) in [5.41, 5.74) is 0.878. The number of thiophene rings is 1. The highest BCUT2D eigenvalue weighted by Crippen LogP contribution is 2.32. The van der Waals surface area contributed by atoms with Crippen LogP contribution in [0.2, 0.25) is 0 Å². The van der Waals surface area contributed by atoms with E-state index in [0.717, 1.165) is 0 Å². The van der Waals surface area contributed by atoms with E-state index in [-0.39, 0.29) is 37.0 Å². The quantitative estimate of drug-likeness (QED) is 0.773. The summed E-state index contributed by atoms with van der Waals surface area (Å²) in [6.45, 7) is 0.215. The first kappa shape index (κ1) is 20.4. The van der Waals surface area contributed by atoms with Gasteiger partial charge >= 0.3 is 5.97 Å². The van der Waals surface area contributed by atoms with Gasteiger partial charge in [-0.25, -0.2) is 0 Å². The topological polar surface area (TPSA) is 105 Å². The third kappa shape index (κ3) is 4.17. The van der Waals surface area contributed by atoms with Gasteiger partial charge in [0.25, 0.3) is 11.8 Å². The van der Waals surface area contributed by atoms with Crippen LogP contribution in [0.5, 0.6) is 5.75 Å². The van der Waals surface area contributed by atoms with Gasteiger partial charge in [0, 0.05) is 12.7 Å². The van der Waals surface area contributed by atoms with Crippen molar-refractivity contribution in [3.05, 3.63) is 46.2 Å².